The summed E-state index contributed by atoms with van der Waals surface area (Å²) >= 11 is 0. The molecular weight excluding hydrogens is 243 g/mol. The SMILES string of the molecule is Cc1cc(C)cc(NC(=O)c2cccc(F)c2N)c1. The van der Waals surface area contributed by atoms with Crippen LogP contribution >= 0.6 is 0 Å². The lowest BCUT2D eigenvalue weighted by Crippen LogP contribution is -2.15. The van der Waals surface area contributed by atoms with Gasteiger partial charge in [0, 0.05) is 5.69 Å². The van der Waals surface area contributed by atoms with Crippen LogP contribution in [0.2, 0.25) is 0 Å². The largest absolute Gasteiger partial charge is 0.396 e. The maximum atomic E-state index is 13.3. The summed E-state index contributed by atoms with van der Waals surface area (Å²) in [5.74, 6) is -1.00. The second-order valence-electron chi connectivity index (χ2n) is 4.53. The van der Waals surface area contributed by atoms with Gasteiger partial charge >= 0.3 is 0 Å². The number of nitrogen functional groups attached to an aromatic ring is 1. The number of carbonyl (C=O) groups is 1. The number of rotatable bonds is 2. The van der Waals surface area contributed by atoms with E-state index in [0.717, 1.165) is 11.1 Å². The Morgan fingerprint density at radius 3 is 2.42 bits per heavy atom. The van der Waals surface area contributed by atoms with Gasteiger partial charge in [0.05, 0.1) is 11.3 Å². The van der Waals surface area contributed by atoms with Crippen LogP contribution < -0.4 is 11.1 Å². The van der Waals surface area contributed by atoms with E-state index in [1.54, 1.807) is 0 Å². The van der Waals surface area contributed by atoms with Gasteiger partial charge in [-0.2, -0.15) is 0 Å². The van der Waals surface area contributed by atoms with Gasteiger partial charge in [-0.25, -0.2) is 4.39 Å². The molecule has 2 rings (SSSR count). The number of amides is 1. The van der Waals surface area contributed by atoms with Crippen LogP contribution in [0.3, 0.4) is 0 Å². The van der Waals surface area contributed by atoms with Gasteiger partial charge in [-0.3, -0.25) is 4.79 Å². The summed E-state index contributed by atoms with van der Waals surface area (Å²) in [6.07, 6.45) is 0. The summed E-state index contributed by atoms with van der Waals surface area (Å²) in [6, 6.07) is 9.88. The highest BCUT2D eigenvalue weighted by Gasteiger charge is 2.12. The number of aryl methyl sites for hydroxylation is 2. The highest BCUT2D eigenvalue weighted by Crippen LogP contribution is 2.19. The Balaban J connectivity index is 2.28. The zero-order chi connectivity index (χ0) is 14.0. The van der Waals surface area contributed by atoms with Gasteiger partial charge in [-0.1, -0.05) is 12.1 Å². The van der Waals surface area contributed by atoms with Crippen LogP contribution in [0, 0.1) is 19.7 Å². The van der Waals surface area contributed by atoms with Crippen molar-refractivity contribution < 1.29 is 9.18 Å². The van der Waals surface area contributed by atoms with Gasteiger partial charge in [0.2, 0.25) is 0 Å². The van der Waals surface area contributed by atoms with Crippen LogP contribution in [0.1, 0.15) is 21.5 Å². The van der Waals surface area contributed by atoms with Gasteiger partial charge in [0.25, 0.3) is 5.91 Å². The van der Waals surface area contributed by atoms with Crippen LogP contribution in [0.15, 0.2) is 36.4 Å². The normalized spacial score (nSPS) is 10.3. The standard InChI is InChI=1S/C15H15FN2O/c1-9-6-10(2)8-11(7-9)18-15(19)12-4-3-5-13(16)14(12)17/h3-8H,17H2,1-2H3,(H,18,19). The average molecular weight is 258 g/mol. The van der Waals surface area contributed by atoms with Gasteiger partial charge < -0.3 is 11.1 Å². The summed E-state index contributed by atoms with van der Waals surface area (Å²) < 4.78 is 13.3. The first-order valence-electron chi connectivity index (χ1n) is 5.91. The minimum absolute atomic E-state index is 0.135. The number of nitrogens with two attached hydrogens (primary N) is 1. The van der Waals surface area contributed by atoms with Crippen molar-refractivity contribution in [2.45, 2.75) is 13.8 Å². The topological polar surface area (TPSA) is 55.1 Å². The molecule has 19 heavy (non-hydrogen) atoms. The number of hydrogen-bond acceptors (Lipinski definition) is 2. The number of hydrogen-bond donors (Lipinski definition) is 2. The van der Waals surface area contributed by atoms with E-state index in [-0.39, 0.29) is 11.3 Å². The van der Waals surface area contributed by atoms with Crippen molar-refractivity contribution in [3.63, 3.8) is 0 Å². The number of para-hydroxylation sites is 1. The fraction of sp³-hybridized carbons (Fsp3) is 0.133. The predicted molar refractivity (Wildman–Crippen MR) is 74.7 cm³/mol. The molecule has 0 bridgehead atoms. The average Bonchev–Trinajstić information content (AvgIpc) is 2.31. The third-order valence-electron chi connectivity index (χ3n) is 2.78. The van der Waals surface area contributed by atoms with Gasteiger partial charge in [-0.05, 0) is 49.2 Å². The number of anilines is 2. The molecule has 0 unspecified atom stereocenters. The predicted octanol–water partition coefficient (Wildman–Crippen LogP) is 3.28. The van der Waals surface area contributed by atoms with Crippen LogP contribution in [0.25, 0.3) is 0 Å². The smallest absolute Gasteiger partial charge is 0.257 e. The molecule has 98 valence electrons. The van der Waals surface area contributed by atoms with E-state index in [2.05, 4.69) is 5.32 Å². The molecule has 0 fully saturated rings. The first-order valence-corrected chi connectivity index (χ1v) is 5.91. The first kappa shape index (κ1) is 13.1. The lowest BCUT2D eigenvalue weighted by atomic mass is 10.1. The minimum atomic E-state index is -0.590. The monoisotopic (exact) mass is 258 g/mol. The summed E-state index contributed by atoms with van der Waals surface area (Å²) in [5.41, 5.74) is 8.32. The maximum Gasteiger partial charge on any atom is 0.257 e. The highest BCUT2D eigenvalue weighted by atomic mass is 19.1. The molecule has 0 saturated carbocycles. The molecule has 0 saturated heterocycles. The summed E-state index contributed by atoms with van der Waals surface area (Å²) in [5, 5.41) is 2.72. The van der Waals surface area contributed by atoms with Crippen LogP contribution in [0.4, 0.5) is 15.8 Å². The van der Waals surface area contributed by atoms with Crippen molar-refractivity contribution in [1.29, 1.82) is 0 Å². The number of halogens is 1. The Bertz CT molecular complexity index is 618. The Morgan fingerprint density at radius 1 is 1.16 bits per heavy atom. The second-order valence-corrected chi connectivity index (χ2v) is 4.53. The molecular formula is C15H15FN2O. The van der Waals surface area contributed by atoms with Crippen molar-refractivity contribution in [1.82, 2.24) is 0 Å². The number of carbonyl (C=O) groups excluding carboxylic acids is 1. The molecule has 2 aromatic rings. The molecule has 0 aliphatic rings. The summed E-state index contributed by atoms with van der Waals surface area (Å²) in [4.78, 5) is 12.1. The molecule has 0 aliphatic carbocycles. The fourth-order valence-electron chi connectivity index (χ4n) is 1.98. The zero-order valence-electron chi connectivity index (χ0n) is 10.8. The maximum absolute atomic E-state index is 13.3. The highest BCUT2D eigenvalue weighted by molar-refractivity contribution is 6.07. The van der Waals surface area contributed by atoms with Crippen LogP contribution in [-0.2, 0) is 0 Å². The lowest BCUT2D eigenvalue weighted by molar-refractivity contribution is 0.102. The molecule has 3 nitrogen and oxygen atoms in total. The summed E-state index contributed by atoms with van der Waals surface area (Å²) in [6.45, 7) is 3.89. The van der Waals surface area contributed by atoms with Crippen LogP contribution in [0.5, 0.6) is 0 Å². The fourth-order valence-corrected chi connectivity index (χ4v) is 1.98. The quantitative estimate of drug-likeness (QED) is 0.812. The summed E-state index contributed by atoms with van der Waals surface area (Å²) in [7, 11) is 0. The van der Waals surface area contributed by atoms with E-state index in [4.69, 9.17) is 5.73 Å². The molecule has 0 radical (unpaired) electrons. The molecule has 0 aliphatic heterocycles. The van der Waals surface area contributed by atoms with E-state index in [0.29, 0.717) is 5.69 Å². The van der Waals surface area contributed by atoms with Gasteiger partial charge in [0.15, 0.2) is 0 Å². The van der Waals surface area contributed by atoms with E-state index in [9.17, 15) is 9.18 Å². The van der Waals surface area contributed by atoms with Crippen molar-refractivity contribution in [3.8, 4) is 0 Å². The third kappa shape index (κ3) is 2.91. The van der Waals surface area contributed by atoms with Crippen molar-refractivity contribution in [3.05, 3.63) is 58.9 Å². The van der Waals surface area contributed by atoms with E-state index >= 15 is 0 Å². The minimum Gasteiger partial charge on any atom is -0.396 e. The van der Waals surface area contributed by atoms with Crippen LogP contribution in [-0.4, -0.2) is 5.91 Å². The first-order chi connectivity index (χ1) is 8.97. The van der Waals surface area contributed by atoms with E-state index in [1.807, 2.05) is 32.0 Å². The van der Waals surface area contributed by atoms with Gasteiger partial charge in [0.1, 0.15) is 5.82 Å². The Kier molecular flexibility index (Phi) is 3.51. The molecule has 4 heteroatoms. The molecule has 2 aromatic carbocycles. The molecule has 0 spiro atoms. The van der Waals surface area contributed by atoms with Gasteiger partial charge in [-0.15, -0.1) is 0 Å². The third-order valence-corrected chi connectivity index (χ3v) is 2.78. The van der Waals surface area contributed by atoms with Crippen molar-refractivity contribution in [2.75, 3.05) is 11.1 Å². The van der Waals surface area contributed by atoms with Crippen molar-refractivity contribution in [2.24, 2.45) is 0 Å². The van der Waals surface area contributed by atoms with E-state index < -0.39 is 11.7 Å². The molecule has 0 atom stereocenters. The number of benzene rings is 2. The Labute approximate surface area is 111 Å². The number of nitrogens with one attached hydrogen (secondary N) is 1. The molecule has 3 N–H and O–H groups in total. The zero-order valence-corrected chi connectivity index (χ0v) is 10.8. The molecule has 1 amide bonds. The Morgan fingerprint density at radius 2 is 1.79 bits per heavy atom. The molecule has 0 aromatic heterocycles. The molecule has 0 heterocycles. The lowest BCUT2D eigenvalue weighted by Gasteiger charge is -2.09. The second kappa shape index (κ2) is 5.10. The van der Waals surface area contributed by atoms with Crippen molar-refractivity contribution >= 4 is 17.3 Å². The Hall–Kier alpha value is -2.36. The van der Waals surface area contributed by atoms with E-state index in [1.165, 1.54) is 18.2 Å².